The van der Waals surface area contributed by atoms with Crippen LogP contribution in [0, 0.1) is 6.92 Å². The number of hydrogen-bond donors (Lipinski definition) is 1. The van der Waals surface area contributed by atoms with Crippen LogP contribution in [0.3, 0.4) is 0 Å². The lowest BCUT2D eigenvalue weighted by Crippen LogP contribution is -2.43. The number of carbonyl (C=O) groups is 1. The van der Waals surface area contributed by atoms with E-state index < -0.39 is 0 Å². The Hall–Kier alpha value is -1.91. The molecule has 0 spiro atoms. The molecule has 1 aliphatic carbocycles. The third kappa shape index (κ3) is 2.98. The number of benzene rings is 1. The smallest absolute Gasteiger partial charge is 0.322 e. The predicted octanol–water partition coefficient (Wildman–Crippen LogP) is 3.91. The lowest BCUT2D eigenvalue weighted by atomic mass is 9.94. The Balaban J connectivity index is 1.72. The fourth-order valence-corrected chi connectivity index (χ4v) is 3.33. The highest BCUT2D eigenvalue weighted by Gasteiger charge is 2.25. The van der Waals surface area contributed by atoms with Gasteiger partial charge in [0.15, 0.2) is 11.5 Å². The summed E-state index contributed by atoms with van der Waals surface area (Å²) < 4.78 is 10.7. The Labute approximate surface area is 131 Å². The van der Waals surface area contributed by atoms with E-state index in [-0.39, 0.29) is 12.8 Å². The second-order valence-electron chi connectivity index (χ2n) is 6.03. The number of fused-ring (bicyclic) bond motifs is 1. The summed E-state index contributed by atoms with van der Waals surface area (Å²) >= 11 is 0. The zero-order valence-corrected chi connectivity index (χ0v) is 13.4. The van der Waals surface area contributed by atoms with Gasteiger partial charge in [0.25, 0.3) is 0 Å². The summed E-state index contributed by atoms with van der Waals surface area (Å²) in [6.45, 7) is 4.99. The molecule has 2 amide bonds. The SMILES string of the molecule is CCN(C(=O)Nc1cc2c(cc1C)OCO2)C1CCCCC1. The van der Waals surface area contributed by atoms with Gasteiger partial charge >= 0.3 is 6.03 Å². The molecule has 0 saturated heterocycles. The Morgan fingerprint density at radius 3 is 2.59 bits per heavy atom. The first-order valence-corrected chi connectivity index (χ1v) is 8.17. The van der Waals surface area contributed by atoms with E-state index in [4.69, 9.17) is 9.47 Å². The first kappa shape index (κ1) is 15.0. The van der Waals surface area contributed by atoms with Crippen LogP contribution in [-0.4, -0.2) is 30.3 Å². The van der Waals surface area contributed by atoms with Crippen molar-refractivity contribution in [3.63, 3.8) is 0 Å². The molecule has 1 heterocycles. The Kier molecular flexibility index (Phi) is 4.41. The summed E-state index contributed by atoms with van der Waals surface area (Å²) in [6, 6.07) is 4.11. The molecule has 0 bridgehead atoms. The average molecular weight is 304 g/mol. The van der Waals surface area contributed by atoms with Gasteiger partial charge < -0.3 is 19.7 Å². The Morgan fingerprint density at radius 2 is 1.91 bits per heavy atom. The second-order valence-corrected chi connectivity index (χ2v) is 6.03. The monoisotopic (exact) mass is 304 g/mol. The molecule has 1 fully saturated rings. The van der Waals surface area contributed by atoms with Gasteiger partial charge in [-0.05, 0) is 38.3 Å². The molecule has 0 radical (unpaired) electrons. The molecule has 1 N–H and O–H groups in total. The van der Waals surface area contributed by atoms with Crippen LogP contribution in [0.1, 0.15) is 44.6 Å². The summed E-state index contributed by atoms with van der Waals surface area (Å²) in [5, 5.41) is 3.04. The number of nitrogens with one attached hydrogen (secondary N) is 1. The second kappa shape index (κ2) is 6.46. The molecule has 1 aromatic rings. The highest BCUT2D eigenvalue weighted by Crippen LogP contribution is 2.37. The van der Waals surface area contributed by atoms with E-state index in [2.05, 4.69) is 5.32 Å². The number of anilines is 1. The number of amides is 2. The van der Waals surface area contributed by atoms with Gasteiger partial charge in [0.2, 0.25) is 6.79 Å². The zero-order valence-electron chi connectivity index (χ0n) is 13.4. The maximum absolute atomic E-state index is 12.6. The summed E-state index contributed by atoms with van der Waals surface area (Å²) in [7, 11) is 0. The van der Waals surface area contributed by atoms with Crippen LogP contribution in [0.2, 0.25) is 0 Å². The highest BCUT2D eigenvalue weighted by molar-refractivity contribution is 5.91. The van der Waals surface area contributed by atoms with Crippen LogP contribution in [0.5, 0.6) is 11.5 Å². The normalized spacial score (nSPS) is 17.4. The fraction of sp³-hybridized carbons (Fsp3) is 0.588. The van der Waals surface area contributed by atoms with Crippen molar-refractivity contribution in [2.75, 3.05) is 18.7 Å². The maximum atomic E-state index is 12.6. The molecular formula is C17H24N2O3. The van der Waals surface area contributed by atoms with Gasteiger partial charge in [-0.2, -0.15) is 0 Å². The van der Waals surface area contributed by atoms with Crippen molar-refractivity contribution in [1.82, 2.24) is 4.90 Å². The van der Waals surface area contributed by atoms with Gasteiger partial charge in [-0.1, -0.05) is 19.3 Å². The molecule has 0 unspecified atom stereocenters. The van der Waals surface area contributed by atoms with Gasteiger partial charge in [-0.25, -0.2) is 4.79 Å². The molecule has 0 aromatic heterocycles. The molecule has 120 valence electrons. The Bertz CT molecular complexity index is 553. The van der Waals surface area contributed by atoms with Crippen molar-refractivity contribution in [3.8, 4) is 11.5 Å². The first-order valence-electron chi connectivity index (χ1n) is 8.17. The van der Waals surface area contributed by atoms with Gasteiger partial charge in [-0.15, -0.1) is 0 Å². The topological polar surface area (TPSA) is 50.8 Å². The van der Waals surface area contributed by atoms with Crippen molar-refractivity contribution in [3.05, 3.63) is 17.7 Å². The zero-order chi connectivity index (χ0) is 15.5. The van der Waals surface area contributed by atoms with Gasteiger partial charge in [0, 0.05) is 24.3 Å². The van der Waals surface area contributed by atoms with Crippen LogP contribution in [-0.2, 0) is 0 Å². The van der Waals surface area contributed by atoms with Crippen LogP contribution in [0.4, 0.5) is 10.5 Å². The number of carbonyl (C=O) groups excluding carboxylic acids is 1. The quantitative estimate of drug-likeness (QED) is 0.921. The van der Waals surface area contributed by atoms with E-state index in [0.29, 0.717) is 11.8 Å². The molecule has 1 aromatic carbocycles. The first-order chi connectivity index (χ1) is 10.7. The molecule has 5 nitrogen and oxygen atoms in total. The summed E-state index contributed by atoms with van der Waals surface area (Å²) in [5.74, 6) is 1.44. The van der Waals surface area contributed by atoms with Crippen LogP contribution < -0.4 is 14.8 Å². The molecule has 22 heavy (non-hydrogen) atoms. The number of aryl methyl sites for hydroxylation is 1. The molecular weight excluding hydrogens is 280 g/mol. The third-order valence-electron chi connectivity index (χ3n) is 4.58. The van der Waals surface area contributed by atoms with Crippen molar-refractivity contribution in [1.29, 1.82) is 0 Å². The molecule has 2 aliphatic rings. The lowest BCUT2D eigenvalue weighted by Gasteiger charge is -2.33. The maximum Gasteiger partial charge on any atom is 0.322 e. The van der Waals surface area contributed by atoms with Crippen molar-refractivity contribution in [2.45, 2.75) is 52.0 Å². The summed E-state index contributed by atoms with van der Waals surface area (Å²) in [4.78, 5) is 14.6. The highest BCUT2D eigenvalue weighted by atomic mass is 16.7. The Morgan fingerprint density at radius 1 is 1.23 bits per heavy atom. The predicted molar refractivity (Wildman–Crippen MR) is 85.6 cm³/mol. The summed E-state index contributed by atoms with van der Waals surface area (Å²) in [6.07, 6.45) is 5.95. The van der Waals surface area contributed by atoms with Crippen LogP contribution in [0.25, 0.3) is 0 Å². The number of hydrogen-bond acceptors (Lipinski definition) is 3. The van der Waals surface area contributed by atoms with Gasteiger partial charge in [0.05, 0.1) is 0 Å². The fourth-order valence-electron chi connectivity index (χ4n) is 3.33. The number of nitrogens with zero attached hydrogens (tertiary/aromatic N) is 1. The van der Waals surface area contributed by atoms with Gasteiger partial charge in [0.1, 0.15) is 0 Å². The molecule has 0 atom stereocenters. The lowest BCUT2D eigenvalue weighted by molar-refractivity contribution is 0.172. The minimum absolute atomic E-state index is 0.0173. The molecule has 3 rings (SSSR count). The van der Waals surface area contributed by atoms with Crippen LogP contribution >= 0.6 is 0 Å². The van der Waals surface area contributed by atoms with E-state index in [1.807, 2.05) is 30.9 Å². The minimum Gasteiger partial charge on any atom is -0.454 e. The van der Waals surface area contributed by atoms with Crippen molar-refractivity contribution < 1.29 is 14.3 Å². The van der Waals surface area contributed by atoms with E-state index in [1.54, 1.807) is 0 Å². The summed E-state index contributed by atoms with van der Waals surface area (Å²) in [5.41, 5.74) is 1.78. The number of urea groups is 1. The van der Waals surface area contributed by atoms with Crippen molar-refractivity contribution in [2.24, 2.45) is 0 Å². The minimum atomic E-state index is -0.0173. The third-order valence-corrected chi connectivity index (χ3v) is 4.58. The number of ether oxygens (including phenoxy) is 2. The average Bonchev–Trinajstić information content (AvgIpc) is 2.96. The molecule has 1 saturated carbocycles. The van der Waals surface area contributed by atoms with E-state index >= 15 is 0 Å². The number of rotatable bonds is 3. The van der Waals surface area contributed by atoms with Gasteiger partial charge in [-0.3, -0.25) is 0 Å². The van der Waals surface area contributed by atoms with E-state index in [1.165, 1.54) is 19.3 Å². The molecule has 5 heteroatoms. The standard InChI is InChI=1S/C17H24N2O3/c1-3-19(13-7-5-4-6-8-13)17(20)18-14-10-16-15(9-12(14)2)21-11-22-16/h9-10,13H,3-8,11H2,1-2H3,(H,18,20). The van der Waals surface area contributed by atoms with E-state index in [0.717, 1.165) is 36.4 Å². The van der Waals surface area contributed by atoms with Crippen LogP contribution in [0.15, 0.2) is 12.1 Å². The largest absolute Gasteiger partial charge is 0.454 e. The van der Waals surface area contributed by atoms with Crippen molar-refractivity contribution >= 4 is 11.7 Å². The van der Waals surface area contributed by atoms with E-state index in [9.17, 15) is 4.79 Å². The molecule has 1 aliphatic heterocycles.